The lowest BCUT2D eigenvalue weighted by molar-refractivity contribution is -0.143. The number of carbonyl (C=O) groups is 5. The molecule has 0 unspecified atom stereocenters. The van der Waals surface area contributed by atoms with Crippen molar-refractivity contribution >= 4 is 78.3 Å². The van der Waals surface area contributed by atoms with Crippen LogP contribution in [0.5, 0.6) is 0 Å². The number of rotatable bonds is 24. The largest absolute Gasteiger partial charge is 0.465 e. The molecule has 536 valence electrons. The van der Waals surface area contributed by atoms with Gasteiger partial charge in [0, 0.05) is 121 Å². The molecule has 1 aliphatic carbocycles. The van der Waals surface area contributed by atoms with Crippen LogP contribution in [0.2, 0.25) is 0 Å². The Hall–Kier alpha value is -7.51. The molecule has 4 aliphatic rings. The lowest BCUT2D eigenvalue weighted by Crippen LogP contribution is -2.50. The molecule has 99 heavy (non-hydrogen) atoms. The van der Waals surface area contributed by atoms with Crippen molar-refractivity contribution in [1.82, 2.24) is 29.4 Å². The number of ether oxygens (including phenoxy) is 2. The van der Waals surface area contributed by atoms with E-state index < -0.39 is 64.6 Å². The molecule has 6 aromatic rings. The third-order valence-electron chi connectivity index (χ3n) is 19.8. The number of fused-ring (bicyclic) bond motifs is 2. The number of likely N-dealkylation sites (tertiary alicyclic amines) is 2. The summed E-state index contributed by atoms with van der Waals surface area (Å²) in [5.41, 5.74) is 1.03. The Bertz CT molecular complexity index is 3660. The Morgan fingerprint density at radius 1 is 0.636 bits per heavy atom. The molecule has 26 heteroatoms. The van der Waals surface area contributed by atoms with Gasteiger partial charge in [0.25, 0.3) is 11.8 Å². The Labute approximate surface area is 592 Å². The van der Waals surface area contributed by atoms with Gasteiger partial charge in [-0.3, -0.25) is 24.1 Å². The molecule has 3 heterocycles. The van der Waals surface area contributed by atoms with Gasteiger partial charge < -0.3 is 48.9 Å². The van der Waals surface area contributed by atoms with E-state index in [-0.39, 0.29) is 92.7 Å². The minimum Gasteiger partial charge on any atom is -0.465 e. The maximum Gasteiger partial charge on any atom is 0.416 e. The lowest BCUT2D eigenvalue weighted by atomic mass is 9.72. The van der Waals surface area contributed by atoms with Crippen molar-refractivity contribution in [2.24, 2.45) is 0 Å². The first-order valence-electron chi connectivity index (χ1n) is 32.7. The summed E-state index contributed by atoms with van der Waals surface area (Å²) in [6.45, 7) is 4.94. The number of para-hydroxylation sites is 1. The molecule has 5 amide bonds. The van der Waals surface area contributed by atoms with Crippen LogP contribution in [-0.2, 0) is 48.9 Å². The molecule has 0 radical (unpaired) electrons. The third-order valence-corrected chi connectivity index (χ3v) is 19.8. The van der Waals surface area contributed by atoms with Crippen LogP contribution in [0, 0.1) is 5.82 Å². The van der Waals surface area contributed by atoms with Gasteiger partial charge in [-0.2, -0.15) is 26.3 Å². The smallest absolute Gasteiger partial charge is 0.416 e. The van der Waals surface area contributed by atoms with Gasteiger partial charge in [0.15, 0.2) is 0 Å². The summed E-state index contributed by atoms with van der Waals surface area (Å²) in [6.07, 6.45) is -6.49. The van der Waals surface area contributed by atoms with E-state index in [2.05, 4.69) is 26.8 Å². The summed E-state index contributed by atoms with van der Waals surface area (Å²) in [6, 6.07) is 39.0. The van der Waals surface area contributed by atoms with Crippen molar-refractivity contribution in [3.8, 4) is 11.1 Å². The summed E-state index contributed by atoms with van der Waals surface area (Å²) >= 11 is 0. The molecule has 0 aromatic heterocycles. The Balaban J connectivity index is 0.00000459. The van der Waals surface area contributed by atoms with E-state index in [4.69, 9.17) is 9.47 Å². The number of likely N-dealkylation sites (N-methyl/N-ethyl adjacent to an activating group) is 2. The maximum absolute atomic E-state index is 14.2. The predicted molar refractivity (Wildman–Crippen MR) is 373 cm³/mol. The first-order valence-corrected chi connectivity index (χ1v) is 32.7. The second-order valence-corrected chi connectivity index (χ2v) is 25.9. The number of hydrogen-bond donors (Lipinski definition) is 1. The quantitative estimate of drug-likeness (QED) is 0.0577. The summed E-state index contributed by atoms with van der Waals surface area (Å²) < 4.78 is 110. The number of carboxylic acid groups (broad SMARTS) is 1. The number of alkyl halides is 6. The molecular formula is C73H86Cl3F7N8O8. The van der Waals surface area contributed by atoms with E-state index in [0.29, 0.717) is 133 Å². The maximum atomic E-state index is 14.2. The van der Waals surface area contributed by atoms with Crippen molar-refractivity contribution in [3.63, 3.8) is 0 Å². The van der Waals surface area contributed by atoms with Crippen LogP contribution >= 0.6 is 37.2 Å². The van der Waals surface area contributed by atoms with E-state index in [1.165, 1.54) is 29.2 Å². The van der Waals surface area contributed by atoms with Crippen molar-refractivity contribution in [2.75, 3.05) is 123 Å². The number of halogens is 10. The van der Waals surface area contributed by atoms with Gasteiger partial charge in [-0.1, -0.05) is 84.9 Å². The van der Waals surface area contributed by atoms with Crippen molar-refractivity contribution < 1.29 is 69.3 Å². The van der Waals surface area contributed by atoms with E-state index >= 15 is 0 Å². The van der Waals surface area contributed by atoms with Crippen molar-refractivity contribution in [1.29, 1.82) is 0 Å². The minimum absolute atomic E-state index is 0. The number of hydrogen-bond acceptors (Lipinski definition) is 10. The topological polar surface area (TPSA) is 150 Å². The molecule has 10 rings (SSSR count). The molecule has 6 aromatic carbocycles. The summed E-state index contributed by atoms with van der Waals surface area (Å²) in [7, 11) is 7.21. The Morgan fingerprint density at radius 3 is 1.88 bits per heavy atom. The summed E-state index contributed by atoms with van der Waals surface area (Å²) in [5.74, 6) is -1.92. The number of amides is 5. The molecule has 2 atom stereocenters. The fourth-order valence-corrected chi connectivity index (χ4v) is 14.0. The average molecular weight is 1440 g/mol. The summed E-state index contributed by atoms with van der Waals surface area (Å²) in [4.78, 5) is 81.1. The van der Waals surface area contributed by atoms with E-state index in [0.717, 1.165) is 45.9 Å². The zero-order valence-corrected chi connectivity index (χ0v) is 58.3. The van der Waals surface area contributed by atoms with E-state index in [9.17, 15) is 59.8 Å². The fraction of sp³-hybridized carbons (Fsp3) is 0.438. The van der Waals surface area contributed by atoms with Crippen LogP contribution in [-0.4, -0.2) is 190 Å². The molecule has 3 aliphatic heterocycles. The van der Waals surface area contributed by atoms with Crippen LogP contribution < -0.4 is 9.80 Å². The van der Waals surface area contributed by atoms with Gasteiger partial charge in [0.1, 0.15) is 24.8 Å². The van der Waals surface area contributed by atoms with Crippen LogP contribution in [0.15, 0.2) is 146 Å². The van der Waals surface area contributed by atoms with Gasteiger partial charge >= 0.3 is 18.4 Å². The fourth-order valence-electron chi connectivity index (χ4n) is 14.0. The van der Waals surface area contributed by atoms with Crippen LogP contribution in [0.1, 0.15) is 99.9 Å². The second-order valence-electron chi connectivity index (χ2n) is 25.9. The SMILES string of the molecule is CN(CCN1CCC(N(C(=O)O)c2ccccc2-c2ccccc2)CC1)C(=O)CCCN(C)c1ccc(C(=O)N(C)CCCN(C)C(=O)CO[C@H]2Cc3ccccc3C23CCN(CC[C@@]2(c4ccc(F)cc4)CN(C(=O)c4cc(C(F)(F)F)cc(C(F)(F)F)c4)CO2)CC3)cc1.Cl.Cl.Cl. The van der Waals surface area contributed by atoms with E-state index in [1.807, 2.05) is 93.0 Å². The number of benzene rings is 6. The van der Waals surface area contributed by atoms with Crippen molar-refractivity contribution in [3.05, 3.63) is 190 Å². The van der Waals surface area contributed by atoms with Crippen molar-refractivity contribution in [2.45, 2.75) is 93.3 Å². The second kappa shape index (κ2) is 34.2. The van der Waals surface area contributed by atoms with E-state index in [1.54, 1.807) is 40.9 Å². The highest BCUT2D eigenvalue weighted by atomic mass is 35.5. The van der Waals surface area contributed by atoms with Gasteiger partial charge in [-0.25, -0.2) is 9.18 Å². The van der Waals surface area contributed by atoms with Gasteiger partial charge in [-0.15, -0.1) is 37.2 Å². The number of carbonyl (C=O) groups excluding carboxylic acids is 4. The zero-order valence-electron chi connectivity index (χ0n) is 55.8. The number of anilines is 2. The highest BCUT2D eigenvalue weighted by molar-refractivity contribution is 5.96. The highest BCUT2D eigenvalue weighted by Gasteiger charge is 2.50. The van der Waals surface area contributed by atoms with Gasteiger partial charge in [0.2, 0.25) is 11.8 Å². The molecule has 3 saturated heterocycles. The van der Waals surface area contributed by atoms with Crippen LogP contribution in [0.4, 0.5) is 46.9 Å². The third kappa shape index (κ3) is 18.9. The Morgan fingerprint density at radius 2 is 1.23 bits per heavy atom. The Kier molecular flexibility index (Phi) is 27.3. The molecule has 0 saturated carbocycles. The number of piperidine rings is 2. The van der Waals surface area contributed by atoms with Crippen LogP contribution in [0.3, 0.4) is 0 Å². The molecule has 1 N–H and O–H groups in total. The zero-order chi connectivity index (χ0) is 68.5. The summed E-state index contributed by atoms with van der Waals surface area (Å²) in [5, 5.41) is 10.4. The molecule has 3 fully saturated rings. The van der Waals surface area contributed by atoms with Gasteiger partial charge in [0.05, 0.1) is 29.5 Å². The minimum atomic E-state index is -5.15. The predicted octanol–water partition coefficient (Wildman–Crippen LogP) is 13.4. The number of nitrogens with zero attached hydrogens (tertiary/aromatic N) is 8. The van der Waals surface area contributed by atoms with Gasteiger partial charge in [-0.05, 0) is 147 Å². The lowest BCUT2D eigenvalue weighted by Gasteiger charge is -2.44. The molecule has 1 spiro atoms. The molecule has 16 nitrogen and oxygen atoms in total. The molecular weight excluding hydrogens is 1360 g/mol. The first kappa shape index (κ1) is 78.8. The standard InChI is InChI=1S/C73H83F7N8O8.3ClH/c1-81(34-12-20-65(89)83(3)42-43-85-37-29-60(30-38-85)88(69(93)94)63-19-11-9-17-61(63)51-14-6-5-7-15-51)59-27-21-52(22-28-59)67(91)84(4)36-13-35-82(2)66(90)48-95-64-46-53-16-8-10-18-62(53)70(64)31-39-86(40-32-70)41-33-71(55-23-25-58(74)26-24-55)49-87(50-96-71)68(92)54-44-56(72(75,76)77)47-57(45-54)73(78,79)80;;;/h5-11,14-19,21-28,44-45,47,60,64H,12-13,20,29-43,46,48-50H2,1-4H3,(H,93,94);3*1H/t64-,71-;;;/m0.../s1. The first-order chi connectivity index (χ1) is 45.8. The molecule has 0 bridgehead atoms. The normalized spacial score (nSPS) is 17.7. The average Bonchev–Trinajstić information content (AvgIpc) is 1.62. The highest BCUT2D eigenvalue weighted by Crippen LogP contribution is 2.49. The monoisotopic (exact) mass is 1440 g/mol. The van der Waals surface area contributed by atoms with Crippen LogP contribution in [0.25, 0.3) is 11.1 Å².